The number of aryl methyl sites for hydroxylation is 1. The molecule has 0 saturated carbocycles. The maximum absolute atomic E-state index is 12.3. The van der Waals surface area contributed by atoms with Crippen molar-refractivity contribution in [2.75, 3.05) is 13.1 Å². The first-order valence-electron chi connectivity index (χ1n) is 8.92. The van der Waals surface area contributed by atoms with Gasteiger partial charge in [-0.15, -0.1) is 0 Å². The number of hydrogen-bond acceptors (Lipinski definition) is 3. The minimum Gasteiger partial charge on any atom is -0.334 e. The molecule has 25 heavy (non-hydrogen) atoms. The third-order valence-corrected chi connectivity index (χ3v) is 4.66. The lowest BCUT2D eigenvalue weighted by atomic mass is 10.0. The van der Waals surface area contributed by atoms with Crippen molar-refractivity contribution in [2.24, 2.45) is 7.05 Å². The first-order valence-corrected chi connectivity index (χ1v) is 8.92. The van der Waals surface area contributed by atoms with Crippen molar-refractivity contribution in [1.82, 2.24) is 25.3 Å². The van der Waals surface area contributed by atoms with E-state index in [1.807, 2.05) is 26.2 Å². The summed E-state index contributed by atoms with van der Waals surface area (Å²) in [4.78, 5) is 14.7. The molecule has 2 atom stereocenters. The number of amides is 2. The van der Waals surface area contributed by atoms with Gasteiger partial charge < -0.3 is 10.6 Å². The molecule has 6 nitrogen and oxygen atoms in total. The van der Waals surface area contributed by atoms with Gasteiger partial charge in [-0.2, -0.15) is 5.10 Å². The van der Waals surface area contributed by atoms with Crippen LogP contribution in [0, 0.1) is 0 Å². The van der Waals surface area contributed by atoms with Crippen molar-refractivity contribution >= 4 is 6.03 Å². The quantitative estimate of drug-likeness (QED) is 0.878. The number of carbonyl (C=O) groups excluding carboxylic acids is 1. The van der Waals surface area contributed by atoms with Gasteiger partial charge in [-0.3, -0.25) is 9.58 Å². The number of rotatable bonds is 5. The third kappa shape index (κ3) is 5.06. The first-order chi connectivity index (χ1) is 12.1. The van der Waals surface area contributed by atoms with Gasteiger partial charge in [0, 0.05) is 37.9 Å². The summed E-state index contributed by atoms with van der Waals surface area (Å²) in [5.74, 6) is 0. The molecular weight excluding hydrogens is 314 g/mol. The number of urea groups is 1. The molecule has 2 amide bonds. The summed E-state index contributed by atoms with van der Waals surface area (Å²) in [5, 5.41) is 10.3. The molecule has 134 valence electrons. The Labute approximate surface area is 149 Å². The van der Waals surface area contributed by atoms with Gasteiger partial charge in [0.15, 0.2) is 0 Å². The lowest BCUT2D eigenvalue weighted by molar-refractivity contribution is 0.179. The Morgan fingerprint density at radius 2 is 2.16 bits per heavy atom. The third-order valence-electron chi connectivity index (χ3n) is 4.66. The van der Waals surface area contributed by atoms with Crippen LogP contribution in [0.3, 0.4) is 0 Å². The van der Waals surface area contributed by atoms with E-state index in [0.717, 1.165) is 38.0 Å². The SMILES string of the molecule is C[C@H](NC(=O)N[C@@H]1CCCN(Cc2ccccc2)C1)c1cnn(C)c1. The Morgan fingerprint density at radius 1 is 1.36 bits per heavy atom. The van der Waals surface area contributed by atoms with E-state index in [2.05, 4.69) is 44.9 Å². The summed E-state index contributed by atoms with van der Waals surface area (Å²) in [6.45, 7) is 4.89. The van der Waals surface area contributed by atoms with Gasteiger partial charge in [-0.1, -0.05) is 30.3 Å². The summed E-state index contributed by atoms with van der Waals surface area (Å²) < 4.78 is 1.74. The summed E-state index contributed by atoms with van der Waals surface area (Å²) in [5.41, 5.74) is 2.32. The average molecular weight is 341 g/mol. The molecule has 0 radical (unpaired) electrons. The number of nitrogens with zero attached hydrogens (tertiary/aromatic N) is 3. The van der Waals surface area contributed by atoms with E-state index in [4.69, 9.17) is 0 Å². The van der Waals surface area contributed by atoms with Gasteiger partial charge in [0.2, 0.25) is 0 Å². The normalized spacial score (nSPS) is 19.4. The van der Waals surface area contributed by atoms with Crippen LogP contribution in [-0.4, -0.2) is 39.8 Å². The minimum absolute atomic E-state index is 0.0577. The van der Waals surface area contributed by atoms with E-state index in [0.29, 0.717) is 0 Å². The molecule has 0 spiro atoms. The Morgan fingerprint density at radius 3 is 2.88 bits per heavy atom. The van der Waals surface area contributed by atoms with Crippen LogP contribution in [0.2, 0.25) is 0 Å². The van der Waals surface area contributed by atoms with Crippen LogP contribution in [0.25, 0.3) is 0 Å². The molecule has 2 N–H and O–H groups in total. The molecule has 0 bridgehead atoms. The second-order valence-corrected chi connectivity index (χ2v) is 6.85. The predicted molar refractivity (Wildman–Crippen MR) is 98.0 cm³/mol. The van der Waals surface area contributed by atoms with Crippen LogP contribution in [0.1, 0.15) is 36.9 Å². The maximum atomic E-state index is 12.3. The van der Waals surface area contributed by atoms with E-state index in [9.17, 15) is 4.79 Å². The summed E-state index contributed by atoms with van der Waals surface area (Å²) in [6.07, 6.45) is 5.84. The van der Waals surface area contributed by atoms with E-state index in [1.165, 1.54) is 5.56 Å². The number of aromatic nitrogens is 2. The fourth-order valence-electron chi connectivity index (χ4n) is 3.33. The van der Waals surface area contributed by atoms with Gasteiger partial charge in [0.05, 0.1) is 12.2 Å². The van der Waals surface area contributed by atoms with Crippen molar-refractivity contribution in [3.63, 3.8) is 0 Å². The predicted octanol–water partition coefficient (Wildman–Crippen LogP) is 2.44. The van der Waals surface area contributed by atoms with Crippen molar-refractivity contribution in [1.29, 1.82) is 0 Å². The Balaban J connectivity index is 1.47. The van der Waals surface area contributed by atoms with E-state index in [-0.39, 0.29) is 18.1 Å². The molecule has 2 heterocycles. The standard InChI is InChI=1S/C19H27N5O/c1-15(17-11-20-23(2)13-17)21-19(25)22-18-9-6-10-24(14-18)12-16-7-4-3-5-8-16/h3-5,7-8,11,13,15,18H,6,9-10,12,14H2,1-2H3,(H2,21,22,25)/t15-,18+/m0/s1. The number of nitrogens with one attached hydrogen (secondary N) is 2. The molecule has 1 aromatic carbocycles. The zero-order valence-corrected chi connectivity index (χ0v) is 15.0. The number of benzene rings is 1. The van der Waals surface area contributed by atoms with E-state index < -0.39 is 0 Å². The molecule has 6 heteroatoms. The molecule has 1 fully saturated rings. The second-order valence-electron chi connectivity index (χ2n) is 6.85. The summed E-state index contributed by atoms with van der Waals surface area (Å²) in [7, 11) is 1.87. The molecule has 1 aromatic heterocycles. The minimum atomic E-state index is -0.108. The van der Waals surface area contributed by atoms with Gasteiger partial charge >= 0.3 is 6.03 Å². The second kappa shape index (κ2) is 8.16. The maximum Gasteiger partial charge on any atom is 0.315 e. The molecule has 1 saturated heterocycles. The largest absolute Gasteiger partial charge is 0.334 e. The van der Waals surface area contributed by atoms with Gasteiger partial charge in [-0.05, 0) is 31.9 Å². The van der Waals surface area contributed by atoms with Crippen LogP contribution >= 0.6 is 0 Å². The van der Waals surface area contributed by atoms with Crippen LogP contribution < -0.4 is 10.6 Å². The molecule has 1 aliphatic rings. The highest BCUT2D eigenvalue weighted by atomic mass is 16.2. The topological polar surface area (TPSA) is 62.2 Å². The molecule has 3 rings (SSSR count). The monoisotopic (exact) mass is 341 g/mol. The number of likely N-dealkylation sites (tertiary alicyclic amines) is 1. The highest BCUT2D eigenvalue weighted by Gasteiger charge is 2.22. The Hall–Kier alpha value is -2.34. The Bertz CT molecular complexity index is 684. The Kier molecular flexibility index (Phi) is 5.71. The van der Waals surface area contributed by atoms with E-state index in [1.54, 1.807) is 10.9 Å². The molecule has 1 aliphatic heterocycles. The lowest BCUT2D eigenvalue weighted by Gasteiger charge is -2.33. The van der Waals surface area contributed by atoms with Gasteiger partial charge in [0.25, 0.3) is 0 Å². The highest BCUT2D eigenvalue weighted by Crippen LogP contribution is 2.14. The lowest BCUT2D eigenvalue weighted by Crippen LogP contribution is -2.50. The zero-order valence-electron chi connectivity index (χ0n) is 15.0. The highest BCUT2D eigenvalue weighted by molar-refractivity contribution is 5.74. The van der Waals surface area contributed by atoms with E-state index >= 15 is 0 Å². The van der Waals surface area contributed by atoms with Gasteiger partial charge in [-0.25, -0.2) is 4.79 Å². The first kappa shape index (κ1) is 17.5. The van der Waals surface area contributed by atoms with Crippen LogP contribution in [-0.2, 0) is 13.6 Å². The van der Waals surface area contributed by atoms with Crippen molar-refractivity contribution in [2.45, 2.75) is 38.4 Å². The zero-order chi connectivity index (χ0) is 17.6. The van der Waals surface area contributed by atoms with Crippen LogP contribution in [0.4, 0.5) is 4.79 Å². The average Bonchev–Trinajstić information content (AvgIpc) is 3.02. The molecular formula is C19H27N5O. The fraction of sp³-hybridized carbons (Fsp3) is 0.474. The van der Waals surface area contributed by atoms with Crippen LogP contribution in [0.15, 0.2) is 42.7 Å². The van der Waals surface area contributed by atoms with Crippen molar-refractivity contribution in [3.8, 4) is 0 Å². The molecule has 0 aliphatic carbocycles. The fourth-order valence-corrected chi connectivity index (χ4v) is 3.33. The summed E-state index contributed by atoms with van der Waals surface area (Å²) >= 11 is 0. The number of carbonyl (C=O) groups is 1. The number of piperidine rings is 1. The number of hydrogen-bond donors (Lipinski definition) is 2. The molecule has 0 unspecified atom stereocenters. The van der Waals surface area contributed by atoms with Crippen molar-refractivity contribution < 1.29 is 4.79 Å². The van der Waals surface area contributed by atoms with Crippen molar-refractivity contribution in [3.05, 3.63) is 53.9 Å². The smallest absolute Gasteiger partial charge is 0.315 e. The van der Waals surface area contributed by atoms with Crippen LogP contribution in [0.5, 0.6) is 0 Å². The molecule has 2 aromatic rings. The summed E-state index contributed by atoms with van der Waals surface area (Å²) in [6, 6.07) is 10.5. The van der Waals surface area contributed by atoms with Gasteiger partial charge in [0.1, 0.15) is 0 Å².